The van der Waals surface area contributed by atoms with Crippen molar-refractivity contribution in [1.82, 2.24) is 10.6 Å². The van der Waals surface area contributed by atoms with Crippen LogP contribution in [0.15, 0.2) is 23.2 Å². The highest BCUT2D eigenvalue weighted by molar-refractivity contribution is 14.0. The molecule has 8 heteroatoms. The van der Waals surface area contributed by atoms with Gasteiger partial charge in [-0.25, -0.2) is 0 Å². The quantitative estimate of drug-likeness (QED) is 0.238. The van der Waals surface area contributed by atoms with Crippen LogP contribution in [0.5, 0.6) is 11.5 Å². The predicted molar refractivity (Wildman–Crippen MR) is 112 cm³/mol. The lowest BCUT2D eigenvalue weighted by Gasteiger charge is -2.15. The maximum Gasteiger partial charge on any atom is 0.222 e. The summed E-state index contributed by atoms with van der Waals surface area (Å²) in [7, 11) is 3.30. The highest BCUT2D eigenvalue weighted by atomic mass is 127. The third-order valence-electron chi connectivity index (χ3n) is 3.19. The number of benzene rings is 1. The van der Waals surface area contributed by atoms with E-state index >= 15 is 0 Å². The van der Waals surface area contributed by atoms with Crippen molar-refractivity contribution in [3.63, 3.8) is 0 Å². The zero-order chi connectivity index (χ0) is 17.9. The van der Waals surface area contributed by atoms with Crippen molar-refractivity contribution >= 4 is 41.5 Å². The molecule has 0 aliphatic heterocycles. The minimum atomic E-state index is -0.0151. The van der Waals surface area contributed by atoms with E-state index in [1.807, 2.05) is 39.0 Å². The SMILES string of the molecule is CCOc1cc(NC(=NC)NCCNC(=O)C(C)C)ccc1OC.I. The van der Waals surface area contributed by atoms with Gasteiger partial charge in [0.2, 0.25) is 5.91 Å². The molecule has 0 saturated heterocycles. The van der Waals surface area contributed by atoms with E-state index in [0.717, 1.165) is 5.69 Å². The Morgan fingerprint density at radius 2 is 1.88 bits per heavy atom. The van der Waals surface area contributed by atoms with Gasteiger partial charge >= 0.3 is 0 Å². The highest BCUT2D eigenvalue weighted by Gasteiger charge is 2.08. The van der Waals surface area contributed by atoms with Crippen molar-refractivity contribution in [1.29, 1.82) is 0 Å². The third kappa shape index (κ3) is 8.28. The van der Waals surface area contributed by atoms with Crippen LogP contribution in [0, 0.1) is 5.92 Å². The summed E-state index contributed by atoms with van der Waals surface area (Å²) in [6.07, 6.45) is 0. The Balaban J connectivity index is 0.00000576. The average Bonchev–Trinajstić information content (AvgIpc) is 2.57. The summed E-state index contributed by atoms with van der Waals surface area (Å²) in [6, 6.07) is 5.58. The standard InChI is InChI=1S/C17H28N4O3.HI/c1-6-24-15-11-13(7-8-14(15)23-5)21-17(18-4)20-10-9-19-16(22)12(2)3;/h7-8,11-12H,6,9-10H2,1-5H3,(H,19,22)(H2,18,20,21);1H. The summed E-state index contributed by atoms with van der Waals surface area (Å²) in [6.45, 7) is 7.32. The molecule has 0 radical (unpaired) electrons. The van der Waals surface area contributed by atoms with Gasteiger partial charge in [-0.15, -0.1) is 24.0 Å². The maximum absolute atomic E-state index is 11.5. The van der Waals surface area contributed by atoms with E-state index in [-0.39, 0.29) is 35.8 Å². The van der Waals surface area contributed by atoms with E-state index in [0.29, 0.717) is 37.2 Å². The molecule has 0 aromatic heterocycles. The molecule has 3 N–H and O–H groups in total. The Labute approximate surface area is 167 Å². The zero-order valence-corrected chi connectivity index (χ0v) is 17.8. The van der Waals surface area contributed by atoms with E-state index < -0.39 is 0 Å². The van der Waals surface area contributed by atoms with Crippen molar-refractivity contribution in [3.8, 4) is 11.5 Å². The smallest absolute Gasteiger partial charge is 0.222 e. The highest BCUT2D eigenvalue weighted by Crippen LogP contribution is 2.30. The van der Waals surface area contributed by atoms with E-state index in [2.05, 4.69) is 20.9 Å². The number of guanidine groups is 1. The van der Waals surface area contributed by atoms with Crippen LogP contribution in [0.3, 0.4) is 0 Å². The minimum Gasteiger partial charge on any atom is -0.493 e. The fraction of sp³-hybridized carbons (Fsp3) is 0.529. The van der Waals surface area contributed by atoms with Crippen molar-refractivity contribution in [2.24, 2.45) is 10.9 Å². The van der Waals surface area contributed by atoms with Crippen molar-refractivity contribution < 1.29 is 14.3 Å². The Morgan fingerprint density at radius 3 is 2.44 bits per heavy atom. The van der Waals surface area contributed by atoms with Crippen molar-refractivity contribution in [3.05, 3.63) is 18.2 Å². The summed E-state index contributed by atoms with van der Waals surface area (Å²) in [5.41, 5.74) is 0.832. The second kappa shape index (κ2) is 12.6. The van der Waals surface area contributed by atoms with Crippen LogP contribution < -0.4 is 25.4 Å². The number of hydrogen-bond acceptors (Lipinski definition) is 4. The summed E-state index contributed by atoms with van der Waals surface area (Å²) in [5, 5.41) is 9.17. The number of amides is 1. The molecule has 1 amide bonds. The molecule has 0 spiro atoms. The van der Waals surface area contributed by atoms with E-state index in [4.69, 9.17) is 9.47 Å². The van der Waals surface area contributed by atoms with Crippen LogP contribution in [0.2, 0.25) is 0 Å². The number of anilines is 1. The lowest BCUT2D eigenvalue weighted by Crippen LogP contribution is -2.38. The molecule has 1 aromatic rings. The van der Waals surface area contributed by atoms with Crippen LogP contribution in [0.4, 0.5) is 5.69 Å². The molecule has 0 unspecified atom stereocenters. The number of carbonyl (C=O) groups is 1. The predicted octanol–water partition coefficient (Wildman–Crippen LogP) is 2.47. The zero-order valence-electron chi connectivity index (χ0n) is 15.5. The lowest BCUT2D eigenvalue weighted by molar-refractivity contribution is -0.123. The Kier molecular flexibility index (Phi) is 11.8. The Morgan fingerprint density at radius 1 is 1.20 bits per heavy atom. The van der Waals surface area contributed by atoms with Gasteiger partial charge in [0.15, 0.2) is 17.5 Å². The lowest BCUT2D eigenvalue weighted by atomic mass is 10.2. The first-order valence-corrected chi connectivity index (χ1v) is 8.08. The first kappa shape index (κ1) is 23.3. The van der Waals surface area contributed by atoms with Gasteiger partial charge in [-0.1, -0.05) is 13.8 Å². The number of ether oxygens (including phenoxy) is 2. The van der Waals surface area contributed by atoms with Gasteiger partial charge in [-0.05, 0) is 19.1 Å². The number of halogens is 1. The molecule has 7 nitrogen and oxygen atoms in total. The first-order valence-electron chi connectivity index (χ1n) is 8.08. The molecule has 0 aliphatic carbocycles. The van der Waals surface area contributed by atoms with Gasteiger partial charge in [0.25, 0.3) is 0 Å². The molecular formula is C17H29IN4O3. The number of aliphatic imine (C=N–C) groups is 1. The van der Waals surface area contributed by atoms with Gasteiger partial charge < -0.3 is 25.4 Å². The van der Waals surface area contributed by atoms with E-state index in [1.165, 1.54) is 0 Å². The molecule has 0 saturated carbocycles. The molecule has 0 heterocycles. The summed E-state index contributed by atoms with van der Waals surface area (Å²) < 4.78 is 10.8. The number of hydrogen-bond donors (Lipinski definition) is 3. The summed E-state index contributed by atoms with van der Waals surface area (Å²) in [4.78, 5) is 15.7. The second-order valence-corrected chi connectivity index (χ2v) is 5.37. The second-order valence-electron chi connectivity index (χ2n) is 5.37. The van der Waals surface area contributed by atoms with Crippen molar-refractivity contribution in [2.75, 3.05) is 39.2 Å². The number of carbonyl (C=O) groups excluding carboxylic acids is 1. The molecule has 0 atom stereocenters. The third-order valence-corrected chi connectivity index (χ3v) is 3.19. The molecule has 1 aromatic carbocycles. The number of nitrogens with zero attached hydrogens (tertiary/aromatic N) is 1. The van der Waals surface area contributed by atoms with Crippen LogP contribution in [0.25, 0.3) is 0 Å². The van der Waals surface area contributed by atoms with Gasteiger partial charge in [0.05, 0.1) is 13.7 Å². The van der Waals surface area contributed by atoms with Gasteiger partial charge in [0.1, 0.15) is 0 Å². The number of nitrogens with one attached hydrogen (secondary N) is 3. The van der Waals surface area contributed by atoms with Crippen molar-refractivity contribution in [2.45, 2.75) is 20.8 Å². The van der Waals surface area contributed by atoms with Crippen LogP contribution in [-0.4, -0.2) is 45.7 Å². The van der Waals surface area contributed by atoms with Crippen LogP contribution >= 0.6 is 24.0 Å². The van der Waals surface area contributed by atoms with E-state index in [1.54, 1.807) is 14.2 Å². The Hall–Kier alpha value is -1.71. The molecular weight excluding hydrogens is 435 g/mol. The maximum atomic E-state index is 11.5. The molecule has 0 bridgehead atoms. The minimum absolute atomic E-state index is 0. The van der Waals surface area contributed by atoms with E-state index in [9.17, 15) is 4.79 Å². The normalized spacial score (nSPS) is 10.7. The topological polar surface area (TPSA) is 84.0 Å². The van der Waals surface area contributed by atoms with Crippen LogP contribution in [0.1, 0.15) is 20.8 Å². The van der Waals surface area contributed by atoms with Gasteiger partial charge in [0, 0.05) is 37.8 Å². The molecule has 25 heavy (non-hydrogen) atoms. The summed E-state index contributed by atoms with van der Waals surface area (Å²) in [5.74, 6) is 1.99. The molecule has 0 fully saturated rings. The summed E-state index contributed by atoms with van der Waals surface area (Å²) >= 11 is 0. The fourth-order valence-electron chi connectivity index (χ4n) is 1.91. The monoisotopic (exact) mass is 464 g/mol. The number of methoxy groups -OCH3 is 1. The van der Waals surface area contributed by atoms with Crippen LogP contribution in [-0.2, 0) is 4.79 Å². The first-order chi connectivity index (χ1) is 11.5. The number of rotatable bonds is 8. The molecule has 1 rings (SSSR count). The molecule has 0 aliphatic rings. The molecule has 142 valence electrons. The average molecular weight is 464 g/mol. The fourth-order valence-corrected chi connectivity index (χ4v) is 1.91. The Bertz CT molecular complexity index is 565. The largest absolute Gasteiger partial charge is 0.493 e. The van der Waals surface area contributed by atoms with Gasteiger partial charge in [-0.2, -0.15) is 0 Å². The van der Waals surface area contributed by atoms with Gasteiger partial charge in [-0.3, -0.25) is 9.79 Å².